The molecule has 1 aromatic carbocycles. The summed E-state index contributed by atoms with van der Waals surface area (Å²) in [6, 6.07) is 2.87. The van der Waals surface area contributed by atoms with Gasteiger partial charge in [0.1, 0.15) is 11.6 Å². The lowest BCUT2D eigenvalue weighted by atomic mass is 10.1. The average Bonchev–Trinajstić information content (AvgIpc) is 2.56. The molecular weight excluding hydrogens is 404 g/mol. The number of unbranched alkanes of at least 4 members (excludes halogenated alkanes) is 1. The Labute approximate surface area is 152 Å². The van der Waals surface area contributed by atoms with Gasteiger partial charge in [-0.25, -0.2) is 0 Å². The largest absolute Gasteiger partial charge is 0.379 e. The lowest BCUT2D eigenvalue weighted by Gasteiger charge is -2.12. The normalized spacial score (nSPS) is 10.1. The number of benzene rings is 1. The van der Waals surface area contributed by atoms with Crippen molar-refractivity contribution < 1.29 is 14.5 Å². The summed E-state index contributed by atoms with van der Waals surface area (Å²) < 4.78 is 0.446. The summed E-state index contributed by atoms with van der Waals surface area (Å²) >= 11 is 8.54. The maximum atomic E-state index is 11.9. The molecule has 0 atom stereocenters. The summed E-state index contributed by atoms with van der Waals surface area (Å²) in [6.45, 7) is 0.890. The number of anilines is 1. The Bertz CT molecular complexity index is 627. The van der Waals surface area contributed by atoms with Crippen LogP contribution in [0.4, 0.5) is 11.4 Å². The Balaban J connectivity index is 2.76. The molecule has 0 unspecified atom stereocenters. The number of nitro benzene ring substituents is 1. The van der Waals surface area contributed by atoms with Crippen LogP contribution in [0.15, 0.2) is 16.6 Å². The van der Waals surface area contributed by atoms with E-state index in [0.717, 1.165) is 0 Å². The third kappa shape index (κ3) is 5.97. The van der Waals surface area contributed by atoms with E-state index >= 15 is 0 Å². The first-order valence-electron chi connectivity index (χ1n) is 7.17. The van der Waals surface area contributed by atoms with Gasteiger partial charge in [-0.3, -0.25) is 19.7 Å². The number of nitrogens with zero attached hydrogens (tertiary/aromatic N) is 1. The molecule has 0 saturated carbocycles. The number of hydrogen-bond donors (Lipinski definition) is 3. The van der Waals surface area contributed by atoms with E-state index in [4.69, 9.17) is 11.6 Å². The average molecular weight is 422 g/mol. The molecule has 0 saturated heterocycles. The van der Waals surface area contributed by atoms with E-state index in [1.54, 1.807) is 0 Å². The van der Waals surface area contributed by atoms with Crippen LogP contribution < -0.4 is 16.0 Å². The highest BCUT2D eigenvalue weighted by Gasteiger charge is 2.22. The molecule has 24 heavy (non-hydrogen) atoms. The van der Waals surface area contributed by atoms with Crippen LogP contribution in [-0.4, -0.2) is 42.8 Å². The Morgan fingerprint density at radius 1 is 1.29 bits per heavy atom. The molecule has 10 heteroatoms. The van der Waals surface area contributed by atoms with Crippen LogP contribution in [0.1, 0.15) is 23.2 Å². The third-order valence-electron chi connectivity index (χ3n) is 3.10. The van der Waals surface area contributed by atoms with E-state index in [1.165, 1.54) is 19.2 Å². The quantitative estimate of drug-likeness (QED) is 0.245. The van der Waals surface area contributed by atoms with Crippen molar-refractivity contribution in [1.82, 2.24) is 10.6 Å². The molecule has 0 aliphatic carbocycles. The van der Waals surface area contributed by atoms with Crippen molar-refractivity contribution in [3.8, 4) is 0 Å². The minimum atomic E-state index is -0.541. The molecule has 8 nitrogen and oxygen atoms in total. The molecule has 1 aromatic rings. The second-order valence-electron chi connectivity index (χ2n) is 4.80. The Kier molecular flexibility index (Phi) is 8.48. The number of nitrogens with one attached hydrogen (secondary N) is 3. The van der Waals surface area contributed by atoms with Crippen LogP contribution in [0.3, 0.4) is 0 Å². The summed E-state index contributed by atoms with van der Waals surface area (Å²) in [5.41, 5.74) is 0.180. The van der Waals surface area contributed by atoms with Gasteiger partial charge in [-0.2, -0.15) is 0 Å². The van der Waals surface area contributed by atoms with Crippen molar-refractivity contribution in [2.24, 2.45) is 0 Å². The number of halogens is 2. The first-order valence-corrected chi connectivity index (χ1v) is 8.50. The smallest absolute Gasteiger partial charge is 0.294 e. The Hall–Kier alpha value is -1.87. The zero-order valence-electron chi connectivity index (χ0n) is 13.0. The SMILES string of the molecule is CNC(=O)c1cc(Br)cc([N+](=O)[O-])c1NCCCCNC(=O)CCl. The van der Waals surface area contributed by atoms with E-state index in [0.29, 0.717) is 30.4 Å². The zero-order valence-corrected chi connectivity index (χ0v) is 15.4. The molecule has 132 valence electrons. The number of rotatable bonds is 9. The molecular formula is C14H18BrClN4O4. The third-order valence-corrected chi connectivity index (χ3v) is 3.80. The van der Waals surface area contributed by atoms with Crippen LogP contribution in [-0.2, 0) is 4.79 Å². The van der Waals surface area contributed by atoms with Crippen molar-refractivity contribution in [2.45, 2.75) is 12.8 Å². The minimum Gasteiger partial charge on any atom is -0.379 e. The molecule has 0 spiro atoms. The van der Waals surface area contributed by atoms with Gasteiger partial charge in [0, 0.05) is 30.7 Å². The standard InChI is InChI=1S/C14H18BrClN4O4/c1-17-14(22)10-6-9(15)7-11(20(23)24)13(10)19-5-3-2-4-18-12(21)8-16/h6-7,19H,2-5,8H2,1H3,(H,17,22)(H,18,21). The maximum Gasteiger partial charge on any atom is 0.294 e. The number of carbonyl (C=O) groups excluding carboxylic acids is 2. The first kappa shape index (κ1) is 20.2. The Morgan fingerprint density at radius 2 is 1.96 bits per heavy atom. The highest BCUT2D eigenvalue weighted by Crippen LogP contribution is 2.32. The van der Waals surface area contributed by atoms with Gasteiger partial charge in [-0.1, -0.05) is 15.9 Å². The van der Waals surface area contributed by atoms with Crippen LogP contribution in [0.5, 0.6) is 0 Å². The van der Waals surface area contributed by atoms with Gasteiger partial charge in [-0.15, -0.1) is 11.6 Å². The Morgan fingerprint density at radius 3 is 2.54 bits per heavy atom. The van der Waals surface area contributed by atoms with Crippen LogP contribution in [0, 0.1) is 10.1 Å². The van der Waals surface area contributed by atoms with Crippen LogP contribution in [0.2, 0.25) is 0 Å². The lowest BCUT2D eigenvalue weighted by Crippen LogP contribution is -2.25. The van der Waals surface area contributed by atoms with Gasteiger partial charge in [-0.05, 0) is 18.9 Å². The fourth-order valence-corrected chi connectivity index (χ4v) is 2.51. The van der Waals surface area contributed by atoms with Crippen molar-refractivity contribution in [3.05, 3.63) is 32.3 Å². The van der Waals surface area contributed by atoms with E-state index in [-0.39, 0.29) is 28.7 Å². The topological polar surface area (TPSA) is 113 Å². The number of nitro groups is 1. The van der Waals surface area contributed by atoms with E-state index in [1.807, 2.05) is 0 Å². The summed E-state index contributed by atoms with van der Waals surface area (Å²) in [5, 5.41) is 19.3. The van der Waals surface area contributed by atoms with Gasteiger partial charge in [0.25, 0.3) is 11.6 Å². The molecule has 0 aromatic heterocycles. The summed E-state index contributed by atoms with van der Waals surface area (Å²) in [7, 11) is 1.46. The van der Waals surface area contributed by atoms with Crippen LogP contribution in [0.25, 0.3) is 0 Å². The fraction of sp³-hybridized carbons (Fsp3) is 0.429. The second-order valence-corrected chi connectivity index (χ2v) is 5.98. The van der Waals surface area contributed by atoms with Gasteiger partial charge in [0.15, 0.2) is 0 Å². The predicted molar refractivity (Wildman–Crippen MR) is 95.6 cm³/mol. The summed E-state index contributed by atoms with van der Waals surface area (Å²) in [4.78, 5) is 33.6. The molecule has 0 aliphatic rings. The first-order chi connectivity index (χ1) is 11.4. The van der Waals surface area contributed by atoms with E-state index in [9.17, 15) is 19.7 Å². The van der Waals surface area contributed by atoms with Gasteiger partial charge in [0.2, 0.25) is 5.91 Å². The number of hydrogen-bond acceptors (Lipinski definition) is 5. The summed E-state index contributed by atoms with van der Waals surface area (Å²) in [5.74, 6) is -0.745. The molecule has 3 N–H and O–H groups in total. The van der Waals surface area contributed by atoms with Crippen LogP contribution >= 0.6 is 27.5 Å². The number of carbonyl (C=O) groups is 2. The van der Waals surface area contributed by atoms with Crippen molar-refractivity contribution >= 4 is 50.7 Å². The van der Waals surface area contributed by atoms with Gasteiger partial charge < -0.3 is 16.0 Å². The second kappa shape index (κ2) is 10.1. The molecule has 0 fully saturated rings. The summed E-state index contributed by atoms with van der Waals surface area (Å²) in [6.07, 6.45) is 1.33. The predicted octanol–water partition coefficient (Wildman–Crippen LogP) is 2.26. The highest BCUT2D eigenvalue weighted by atomic mass is 79.9. The van der Waals surface area contributed by atoms with Crippen molar-refractivity contribution in [1.29, 1.82) is 0 Å². The lowest BCUT2D eigenvalue weighted by molar-refractivity contribution is -0.384. The molecule has 2 amide bonds. The number of alkyl halides is 1. The van der Waals surface area contributed by atoms with Crippen molar-refractivity contribution in [2.75, 3.05) is 31.3 Å². The van der Waals surface area contributed by atoms with E-state index in [2.05, 4.69) is 31.9 Å². The number of amides is 2. The highest BCUT2D eigenvalue weighted by molar-refractivity contribution is 9.10. The fourth-order valence-electron chi connectivity index (χ4n) is 1.97. The molecule has 0 heterocycles. The van der Waals surface area contributed by atoms with Crippen molar-refractivity contribution in [3.63, 3.8) is 0 Å². The zero-order chi connectivity index (χ0) is 18.1. The monoisotopic (exact) mass is 420 g/mol. The molecule has 0 aliphatic heterocycles. The molecule has 1 rings (SSSR count). The minimum absolute atomic E-state index is 0.0845. The maximum absolute atomic E-state index is 11.9. The molecule has 0 radical (unpaired) electrons. The van der Waals surface area contributed by atoms with Gasteiger partial charge >= 0.3 is 0 Å². The molecule has 0 bridgehead atoms. The van der Waals surface area contributed by atoms with E-state index < -0.39 is 10.8 Å². The van der Waals surface area contributed by atoms with Gasteiger partial charge in [0.05, 0.1) is 10.5 Å².